The Kier molecular flexibility index (Phi) is 2.77. The number of hydrogen-bond acceptors (Lipinski definition) is 3. The van der Waals surface area contributed by atoms with E-state index in [4.69, 9.17) is 9.94 Å². The van der Waals surface area contributed by atoms with E-state index in [0.717, 1.165) is 6.42 Å². The number of hydrogen-bond donors (Lipinski definition) is 1. The number of aliphatic hydroxyl groups excluding tert-OH is 1. The Labute approximate surface area is 85.1 Å². The molecule has 0 amide bonds. The minimum Gasteiger partial charge on any atom is -0.392 e. The Morgan fingerprint density at radius 2 is 2.14 bits per heavy atom. The third-order valence-electron chi connectivity index (χ3n) is 3.59. The number of aliphatic hydroxyl groups is 1. The van der Waals surface area contributed by atoms with Gasteiger partial charge in [-0.3, -0.25) is 0 Å². The van der Waals surface area contributed by atoms with Crippen molar-refractivity contribution in [3.05, 3.63) is 0 Å². The first kappa shape index (κ1) is 9.97. The van der Waals surface area contributed by atoms with E-state index in [1.807, 2.05) is 0 Å². The zero-order valence-corrected chi connectivity index (χ0v) is 8.83. The summed E-state index contributed by atoms with van der Waals surface area (Å²) in [6, 6.07) is 0. The highest BCUT2D eigenvalue weighted by Gasteiger charge is 2.37. The Balaban J connectivity index is 2.00. The Bertz CT molecular complexity index is 231. The zero-order valence-electron chi connectivity index (χ0n) is 8.83. The fourth-order valence-corrected chi connectivity index (χ4v) is 2.50. The summed E-state index contributed by atoms with van der Waals surface area (Å²) in [6.07, 6.45) is 7.17. The summed E-state index contributed by atoms with van der Waals surface area (Å²) in [7, 11) is 0. The molecule has 0 radical (unpaired) electrons. The molecule has 14 heavy (non-hydrogen) atoms. The molecule has 0 aromatic carbocycles. The molecular weight excluding hydrogens is 178 g/mol. The van der Waals surface area contributed by atoms with Crippen LogP contribution in [0.4, 0.5) is 0 Å². The highest BCUT2D eigenvalue weighted by Crippen LogP contribution is 2.40. The van der Waals surface area contributed by atoms with Gasteiger partial charge >= 0.3 is 0 Å². The molecule has 3 heteroatoms. The van der Waals surface area contributed by atoms with Crippen molar-refractivity contribution in [2.45, 2.75) is 51.6 Å². The summed E-state index contributed by atoms with van der Waals surface area (Å²) < 4.78 is 0. The molecule has 0 bridgehead atoms. The second-order valence-electron chi connectivity index (χ2n) is 4.77. The smallest absolute Gasteiger partial charge is 0.155 e. The molecule has 1 aliphatic heterocycles. The van der Waals surface area contributed by atoms with Crippen molar-refractivity contribution < 1.29 is 9.94 Å². The minimum absolute atomic E-state index is 0.0799. The lowest BCUT2D eigenvalue weighted by molar-refractivity contribution is 0.0390. The van der Waals surface area contributed by atoms with Gasteiger partial charge in [-0.1, -0.05) is 31.3 Å². The van der Waals surface area contributed by atoms with E-state index in [1.54, 1.807) is 0 Å². The number of rotatable bonds is 2. The molecule has 2 aliphatic rings. The minimum atomic E-state index is -0.0799. The van der Waals surface area contributed by atoms with E-state index in [9.17, 15) is 0 Å². The fraction of sp³-hybridized carbons (Fsp3) is 0.909. The van der Waals surface area contributed by atoms with E-state index >= 15 is 0 Å². The zero-order chi connectivity index (χ0) is 10.0. The normalized spacial score (nSPS) is 31.0. The highest BCUT2D eigenvalue weighted by atomic mass is 16.6. The van der Waals surface area contributed by atoms with Crippen LogP contribution in [0.3, 0.4) is 0 Å². The fourth-order valence-electron chi connectivity index (χ4n) is 2.50. The monoisotopic (exact) mass is 197 g/mol. The van der Waals surface area contributed by atoms with Crippen LogP contribution in [0.1, 0.15) is 45.4 Å². The van der Waals surface area contributed by atoms with Crippen molar-refractivity contribution in [2.75, 3.05) is 6.61 Å². The molecule has 1 N–H and O–H groups in total. The first-order valence-corrected chi connectivity index (χ1v) is 5.59. The summed E-state index contributed by atoms with van der Waals surface area (Å²) in [6.45, 7) is 2.37. The lowest BCUT2D eigenvalue weighted by atomic mass is 9.71. The number of nitrogens with zero attached hydrogens (tertiary/aromatic N) is 1. The molecule has 80 valence electrons. The van der Waals surface area contributed by atoms with Gasteiger partial charge in [0.05, 0.1) is 12.3 Å². The summed E-state index contributed by atoms with van der Waals surface area (Å²) in [4.78, 5) is 5.17. The van der Waals surface area contributed by atoms with Crippen LogP contribution in [0, 0.1) is 5.41 Å². The van der Waals surface area contributed by atoms with E-state index in [-0.39, 0.29) is 18.1 Å². The molecule has 1 aliphatic carbocycles. The third-order valence-corrected chi connectivity index (χ3v) is 3.59. The van der Waals surface area contributed by atoms with Gasteiger partial charge < -0.3 is 9.94 Å². The van der Waals surface area contributed by atoms with E-state index in [0.29, 0.717) is 0 Å². The predicted octanol–water partition coefficient (Wildman–Crippen LogP) is 2.09. The van der Waals surface area contributed by atoms with Gasteiger partial charge in [0, 0.05) is 11.8 Å². The quantitative estimate of drug-likeness (QED) is 0.736. The van der Waals surface area contributed by atoms with Gasteiger partial charge in [-0.2, -0.15) is 0 Å². The van der Waals surface area contributed by atoms with E-state index in [2.05, 4.69) is 12.1 Å². The maximum atomic E-state index is 8.97. The average molecular weight is 197 g/mol. The SMILES string of the molecule is CC1(C2=NOC(CO)C2)CCCCC1. The second kappa shape index (κ2) is 3.89. The largest absolute Gasteiger partial charge is 0.392 e. The Hall–Kier alpha value is -0.570. The standard InChI is InChI=1S/C11H19NO2/c1-11(5-3-2-4-6-11)10-7-9(8-13)14-12-10/h9,13H,2-8H2,1H3. The molecule has 2 rings (SSSR count). The van der Waals surface area contributed by atoms with Crippen molar-refractivity contribution in [3.8, 4) is 0 Å². The van der Waals surface area contributed by atoms with E-state index < -0.39 is 0 Å². The van der Waals surface area contributed by atoms with Gasteiger partial charge in [-0.15, -0.1) is 0 Å². The molecule has 0 aromatic heterocycles. The highest BCUT2D eigenvalue weighted by molar-refractivity contribution is 5.90. The maximum absolute atomic E-state index is 8.97. The Morgan fingerprint density at radius 1 is 1.43 bits per heavy atom. The lowest BCUT2D eigenvalue weighted by Gasteiger charge is -2.32. The van der Waals surface area contributed by atoms with Crippen molar-refractivity contribution in [3.63, 3.8) is 0 Å². The molecule has 1 unspecified atom stereocenters. The van der Waals surface area contributed by atoms with Crippen LogP contribution in [0.5, 0.6) is 0 Å². The summed E-state index contributed by atoms with van der Waals surface area (Å²) >= 11 is 0. The van der Waals surface area contributed by atoms with Gasteiger partial charge in [-0.05, 0) is 12.8 Å². The van der Waals surface area contributed by atoms with Crippen LogP contribution < -0.4 is 0 Å². The summed E-state index contributed by atoms with van der Waals surface area (Å²) in [5, 5.41) is 13.1. The number of oxime groups is 1. The third kappa shape index (κ3) is 1.78. The average Bonchev–Trinajstić information content (AvgIpc) is 2.67. The van der Waals surface area contributed by atoms with Crippen LogP contribution in [0.25, 0.3) is 0 Å². The molecule has 1 atom stereocenters. The molecule has 3 nitrogen and oxygen atoms in total. The summed E-state index contributed by atoms with van der Waals surface area (Å²) in [5.41, 5.74) is 1.43. The van der Waals surface area contributed by atoms with Crippen molar-refractivity contribution in [2.24, 2.45) is 10.6 Å². The summed E-state index contributed by atoms with van der Waals surface area (Å²) in [5.74, 6) is 0. The maximum Gasteiger partial charge on any atom is 0.155 e. The first-order valence-electron chi connectivity index (χ1n) is 5.59. The van der Waals surface area contributed by atoms with E-state index in [1.165, 1.54) is 37.8 Å². The topological polar surface area (TPSA) is 41.8 Å². The van der Waals surface area contributed by atoms with Crippen molar-refractivity contribution in [1.82, 2.24) is 0 Å². The molecule has 1 saturated carbocycles. The molecule has 1 heterocycles. The van der Waals surface area contributed by atoms with Crippen LogP contribution in [-0.2, 0) is 4.84 Å². The van der Waals surface area contributed by atoms with Crippen LogP contribution in [-0.4, -0.2) is 23.5 Å². The molecule has 1 fully saturated rings. The molecule has 0 aromatic rings. The predicted molar refractivity (Wildman–Crippen MR) is 55.2 cm³/mol. The van der Waals surface area contributed by atoms with Gasteiger partial charge in [0.15, 0.2) is 6.10 Å². The first-order chi connectivity index (χ1) is 6.74. The van der Waals surface area contributed by atoms with Crippen LogP contribution in [0.15, 0.2) is 5.16 Å². The van der Waals surface area contributed by atoms with Crippen molar-refractivity contribution >= 4 is 5.71 Å². The lowest BCUT2D eigenvalue weighted by Crippen LogP contribution is -2.30. The van der Waals surface area contributed by atoms with Crippen molar-refractivity contribution in [1.29, 1.82) is 0 Å². The molecule has 0 saturated heterocycles. The Morgan fingerprint density at radius 3 is 2.71 bits per heavy atom. The van der Waals surface area contributed by atoms with Gasteiger partial charge in [0.25, 0.3) is 0 Å². The molecule has 0 spiro atoms. The van der Waals surface area contributed by atoms with Gasteiger partial charge in [0.2, 0.25) is 0 Å². The molecular formula is C11H19NO2. The van der Waals surface area contributed by atoms with Crippen LogP contribution in [0.2, 0.25) is 0 Å². The van der Waals surface area contributed by atoms with Crippen LogP contribution >= 0.6 is 0 Å². The van der Waals surface area contributed by atoms with Gasteiger partial charge in [-0.25, -0.2) is 0 Å². The second-order valence-corrected chi connectivity index (χ2v) is 4.77. The van der Waals surface area contributed by atoms with Gasteiger partial charge in [0.1, 0.15) is 0 Å².